The van der Waals surface area contributed by atoms with Gasteiger partial charge in [0.25, 0.3) is 0 Å². The number of alkyl halides is 3. The molecule has 0 atom stereocenters. The van der Waals surface area contributed by atoms with E-state index in [9.17, 15) is 13.2 Å². The van der Waals surface area contributed by atoms with Crippen LogP contribution in [-0.4, -0.2) is 6.68 Å². The molecule has 0 aromatic carbocycles. The fourth-order valence-corrected chi connectivity index (χ4v) is 0. The number of rotatable bonds is 0. The molecular weight excluding hydrogens is 75.9 g/mol. The first-order chi connectivity index (χ1) is 1.73. The van der Waals surface area contributed by atoms with Gasteiger partial charge < -0.3 is 1.43 Å². The first-order valence-electron chi connectivity index (χ1n) is 0.655. The van der Waals surface area contributed by atoms with Gasteiger partial charge in [0.2, 0.25) is 0 Å². The maximum Gasteiger partial charge on any atom is 1.00 e. The summed E-state index contributed by atoms with van der Waals surface area (Å²) >= 11 is 0. The Morgan fingerprint density at radius 3 is 1.20 bits per heavy atom. The van der Waals surface area contributed by atoms with Crippen LogP contribution in [0.5, 0.6) is 0 Å². The van der Waals surface area contributed by atoms with Gasteiger partial charge in [-0.15, -0.1) is 0 Å². The molecule has 0 aliphatic rings. The molecule has 0 heterocycles. The summed E-state index contributed by atoms with van der Waals surface area (Å²) in [6.07, 6.45) is 0. The van der Waals surface area contributed by atoms with Crippen molar-refractivity contribution >= 4 is 0 Å². The smallest absolute Gasteiger partial charge is 1.00 e. The molecular formula is CH2F3Li. The Kier molecular flexibility index (Phi) is 7.93. The van der Waals surface area contributed by atoms with Crippen molar-refractivity contribution in [1.29, 1.82) is 0 Å². The van der Waals surface area contributed by atoms with Crippen LogP contribution in [0.3, 0.4) is 0 Å². The molecule has 0 spiro atoms. The molecule has 0 N–H and O–H groups in total. The first-order valence-corrected chi connectivity index (χ1v) is 0.655. The van der Waals surface area contributed by atoms with Crippen LogP contribution in [0.1, 0.15) is 1.43 Å². The third-order valence-electron chi connectivity index (χ3n) is 0. The summed E-state index contributed by atoms with van der Waals surface area (Å²) in [5.74, 6) is 0. The van der Waals surface area contributed by atoms with Gasteiger partial charge in [-0.2, -0.15) is 13.2 Å². The van der Waals surface area contributed by atoms with Crippen LogP contribution in [-0.2, 0) is 0 Å². The second-order valence-electron chi connectivity index (χ2n) is 0.247. The van der Waals surface area contributed by atoms with Crippen LogP contribution in [0.25, 0.3) is 0 Å². The SMILES string of the molecule is FC(F)F.[H-].[Li+]. The molecule has 0 rings (SSSR count). The Balaban J connectivity index is -0.0000000450. The Bertz CT molecular complexity index is 15.5. The Labute approximate surface area is 41.0 Å². The molecule has 0 aliphatic heterocycles. The van der Waals surface area contributed by atoms with Crippen molar-refractivity contribution < 1.29 is 33.5 Å². The summed E-state index contributed by atoms with van der Waals surface area (Å²) in [6, 6.07) is 0. The van der Waals surface area contributed by atoms with Crippen molar-refractivity contribution in [2.45, 2.75) is 6.68 Å². The van der Waals surface area contributed by atoms with Crippen molar-refractivity contribution in [3.63, 3.8) is 0 Å². The minimum absolute atomic E-state index is 0. The van der Waals surface area contributed by atoms with Crippen LogP contribution in [0.4, 0.5) is 13.2 Å². The summed E-state index contributed by atoms with van der Waals surface area (Å²) in [4.78, 5) is 0. The summed E-state index contributed by atoms with van der Waals surface area (Å²) in [5, 5.41) is 0. The average Bonchev–Trinajstić information content (AvgIpc) is 0.811. The van der Waals surface area contributed by atoms with Gasteiger partial charge in [-0.1, -0.05) is 0 Å². The van der Waals surface area contributed by atoms with Gasteiger partial charge in [-0.05, 0) is 0 Å². The van der Waals surface area contributed by atoms with E-state index in [0.29, 0.717) is 0 Å². The Morgan fingerprint density at radius 2 is 1.20 bits per heavy atom. The fraction of sp³-hybridized carbons (Fsp3) is 1.00. The third kappa shape index (κ3) is 167. The van der Waals surface area contributed by atoms with E-state index in [4.69, 9.17) is 0 Å². The van der Waals surface area contributed by atoms with Crippen LogP contribution in [0, 0.1) is 0 Å². The standard InChI is InChI=1S/CHF3.Li.H/c2-1(3)4;;/h1H;;/q;+1;-1. The second kappa shape index (κ2) is 4.39. The quantitative estimate of drug-likeness (QED) is 0.303. The van der Waals surface area contributed by atoms with Crippen LogP contribution >= 0.6 is 0 Å². The zero-order valence-corrected chi connectivity index (χ0v) is 2.71. The molecule has 0 saturated carbocycles. The molecule has 28 valence electrons. The van der Waals surface area contributed by atoms with Crippen molar-refractivity contribution in [2.75, 3.05) is 0 Å². The maximum atomic E-state index is 9.67. The van der Waals surface area contributed by atoms with E-state index in [1.165, 1.54) is 0 Å². The molecule has 0 aromatic heterocycles. The van der Waals surface area contributed by atoms with Crippen LogP contribution in [0.15, 0.2) is 0 Å². The third-order valence-corrected chi connectivity index (χ3v) is 0. The van der Waals surface area contributed by atoms with E-state index in [2.05, 4.69) is 0 Å². The Morgan fingerprint density at radius 1 is 1.20 bits per heavy atom. The fourth-order valence-electron chi connectivity index (χ4n) is 0. The average molecular weight is 78.0 g/mol. The minimum Gasteiger partial charge on any atom is -1.00 e. The minimum atomic E-state index is -3.67. The largest absolute Gasteiger partial charge is 1.00 e. The van der Waals surface area contributed by atoms with E-state index >= 15 is 0 Å². The summed E-state index contributed by atoms with van der Waals surface area (Å²) in [7, 11) is 0. The molecule has 0 nitrogen and oxygen atoms in total. The van der Waals surface area contributed by atoms with Gasteiger partial charge >= 0.3 is 25.5 Å². The molecule has 0 aliphatic carbocycles. The van der Waals surface area contributed by atoms with Gasteiger partial charge in [-0.25, -0.2) is 0 Å². The van der Waals surface area contributed by atoms with E-state index in [1.807, 2.05) is 0 Å². The summed E-state index contributed by atoms with van der Waals surface area (Å²) in [6.45, 7) is -3.67. The molecule has 0 bridgehead atoms. The summed E-state index contributed by atoms with van der Waals surface area (Å²) in [5.41, 5.74) is 0. The Hall–Kier alpha value is 0.387. The monoisotopic (exact) mass is 78.0 g/mol. The first kappa shape index (κ1) is 9.04. The van der Waals surface area contributed by atoms with E-state index in [-0.39, 0.29) is 20.3 Å². The van der Waals surface area contributed by atoms with E-state index < -0.39 is 6.68 Å². The molecule has 0 amide bonds. The molecule has 0 fully saturated rings. The van der Waals surface area contributed by atoms with E-state index in [1.54, 1.807) is 0 Å². The van der Waals surface area contributed by atoms with Gasteiger partial charge in [0, 0.05) is 0 Å². The topological polar surface area (TPSA) is 0 Å². The van der Waals surface area contributed by atoms with Gasteiger partial charge in [0.15, 0.2) is 0 Å². The normalized spacial score (nSPS) is 7.20. The number of hydrogen-bond acceptors (Lipinski definition) is 0. The van der Waals surface area contributed by atoms with E-state index in [0.717, 1.165) is 0 Å². The molecule has 4 heteroatoms. The molecule has 0 radical (unpaired) electrons. The van der Waals surface area contributed by atoms with Crippen molar-refractivity contribution in [2.24, 2.45) is 0 Å². The maximum absolute atomic E-state index is 9.67. The van der Waals surface area contributed by atoms with Crippen molar-refractivity contribution in [3.05, 3.63) is 0 Å². The summed E-state index contributed by atoms with van der Waals surface area (Å²) < 4.78 is 29.0. The molecule has 0 aromatic rings. The number of hydrogen-bond donors (Lipinski definition) is 0. The van der Waals surface area contributed by atoms with Crippen LogP contribution < -0.4 is 18.9 Å². The van der Waals surface area contributed by atoms with Crippen LogP contribution in [0.2, 0.25) is 0 Å². The molecule has 0 unspecified atom stereocenters. The van der Waals surface area contributed by atoms with Crippen molar-refractivity contribution in [3.8, 4) is 0 Å². The van der Waals surface area contributed by atoms with Gasteiger partial charge in [0.1, 0.15) is 0 Å². The zero-order valence-electron chi connectivity index (χ0n) is 3.71. The second-order valence-corrected chi connectivity index (χ2v) is 0.247. The molecule has 5 heavy (non-hydrogen) atoms. The van der Waals surface area contributed by atoms with Crippen molar-refractivity contribution in [1.82, 2.24) is 0 Å². The number of halogens is 3. The van der Waals surface area contributed by atoms with Gasteiger partial charge in [-0.3, -0.25) is 0 Å². The zero-order chi connectivity index (χ0) is 3.58. The molecule has 0 saturated heterocycles. The van der Waals surface area contributed by atoms with Gasteiger partial charge in [0.05, 0.1) is 0 Å². The predicted molar refractivity (Wildman–Crippen MR) is 8.22 cm³/mol. The predicted octanol–water partition coefficient (Wildman–Crippen LogP) is -1.71.